The molecule has 1 heterocycles. The number of carbonyl (C=O) groups is 2. The summed E-state index contributed by atoms with van der Waals surface area (Å²) in [7, 11) is -0.438. The Bertz CT molecular complexity index is 537. The molecule has 1 saturated heterocycles. The molecule has 2 unspecified atom stereocenters. The van der Waals surface area contributed by atoms with Crippen LogP contribution in [0.1, 0.15) is 27.2 Å². The molecule has 0 bridgehead atoms. The van der Waals surface area contributed by atoms with E-state index in [4.69, 9.17) is 9.47 Å². The number of ether oxygens (including phenoxy) is 2. The number of amides is 1. The van der Waals surface area contributed by atoms with Crippen LogP contribution in [0.4, 0.5) is 4.79 Å². The van der Waals surface area contributed by atoms with Crippen LogP contribution in [0.2, 0.25) is 19.6 Å². The summed E-state index contributed by atoms with van der Waals surface area (Å²) in [6.45, 7) is 11.3. The molecule has 0 aliphatic carbocycles. The Morgan fingerprint density at radius 1 is 1.30 bits per heavy atom. The summed E-state index contributed by atoms with van der Waals surface area (Å²) < 4.78 is 10.1. The molecular weight excluding hydrogens is 314 g/mol. The molecule has 1 fully saturated rings. The lowest BCUT2D eigenvalue weighted by molar-refractivity contribution is -0.145. The van der Waals surface area contributed by atoms with Gasteiger partial charge in [0.1, 0.15) is 25.3 Å². The van der Waals surface area contributed by atoms with E-state index in [1.54, 1.807) is 20.8 Å². The molecule has 7 heteroatoms. The summed E-state index contributed by atoms with van der Waals surface area (Å²) in [5.41, 5.74) is 0.985. The molecule has 0 aromatic rings. The second-order valence-corrected chi connectivity index (χ2v) is 12.6. The van der Waals surface area contributed by atoms with Crippen molar-refractivity contribution in [2.45, 2.75) is 64.1 Å². The van der Waals surface area contributed by atoms with Gasteiger partial charge in [0.15, 0.2) is 0 Å². The molecule has 23 heavy (non-hydrogen) atoms. The van der Waals surface area contributed by atoms with Crippen molar-refractivity contribution in [1.29, 1.82) is 0 Å². The molecule has 0 aromatic carbocycles. The number of aliphatic hydroxyl groups is 1. The van der Waals surface area contributed by atoms with Crippen LogP contribution in [-0.4, -0.2) is 61.0 Å². The zero-order valence-corrected chi connectivity index (χ0v) is 16.0. The third-order valence-electron chi connectivity index (χ3n) is 3.11. The standard InChI is InChI=1S/C16H27NO5Si/c1-15(2,3)22-14(19)17-11-16(20,8-9-23(5,6)7)10-12(17)13(18)21-4/h12,20H,10-11H2,1-7H3. The van der Waals surface area contributed by atoms with Gasteiger partial charge in [-0.1, -0.05) is 25.6 Å². The minimum absolute atomic E-state index is 0.0242. The van der Waals surface area contributed by atoms with Crippen LogP contribution < -0.4 is 0 Å². The number of hydrogen-bond donors (Lipinski definition) is 1. The zero-order chi connectivity index (χ0) is 18.1. The van der Waals surface area contributed by atoms with Crippen molar-refractivity contribution >= 4 is 20.1 Å². The molecule has 0 aromatic heterocycles. The monoisotopic (exact) mass is 341 g/mol. The maximum Gasteiger partial charge on any atom is 0.411 e. The Kier molecular flexibility index (Phi) is 5.55. The summed E-state index contributed by atoms with van der Waals surface area (Å²) in [6, 6.07) is -0.893. The van der Waals surface area contributed by atoms with E-state index in [1.807, 2.05) is 0 Å². The van der Waals surface area contributed by atoms with Crippen LogP contribution in [0.3, 0.4) is 0 Å². The number of rotatable bonds is 1. The Morgan fingerprint density at radius 2 is 1.87 bits per heavy atom. The van der Waals surface area contributed by atoms with Gasteiger partial charge in [0, 0.05) is 6.42 Å². The van der Waals surface area contributed by atoms with Crippen molar-refractivity contribution in [3.8, 4) is 11.5 Å². The van der Waals surface area contributed by atoms with Crippen molar-refractivity contribution in [3.63, 3.8) is 0 Å². The van der Waals surface area contributed by atoms with E-state index in [1.165, 1.54) is 12.0 Å². The maximum absolute atomic E-state index is 12.3. The minimum Gasteiger partial charge on any atom is -0.467 e. The van der Waals surface area contributed by atoms with Crippen molar-refractivity contribution < 1.29 is 24.2 Å². The fourth-order valence-electron chi connectivity index (χ4n) is 2.14. The molecule has 1 N–H and O–H groups in total. The van der Waals surface area contributed by atoms with Gasteiger partial charge in [0.2, 0.25) is 0 Å². The third-order valence-corrected chi connectivity index (χ3v) is 3.99. The Hall–Kier alpha value is -1.52. The normalized spacial score (nSPS) is 24.7. The molecule has 0 saturated carbocycles. The smallest absolute Gasteiger partial charge is 0.411 e. The average molecular weight is 341 g/mol. The predicted octanol–water partition coefficient (Wildman–Crippen LogP) is 1.78. The lowest BCUT2D eigenvalue weighted by Gasteiger charge is -2.27. The first-order valence-corrected chi connectivity index (χ1v) is 11.1. The van der Waals surface area contributed by atoms with Crippen LogP contribution in [0.5, 0.6) is 0 Å². The van der Waals surface area contributed by atoms with Gasteiger partial charge >= 0.3 is 12.1 Å². The van der Waals surface area contributed by atoms with Crippen LogP contribution >= 0.6 is 0 Å². The van der Waals surface area contributed by atoms with Gasteiger partial charge in [-0.2, -0.15) is 0 Å². The number of methoxy groups -OCH3 is 1. The number of hydrogen-bond acceptors (Lipinski definition) is 5. The number of nitrogens with zero attached hydrogens (tertiary/aromatic N) is 1. The Balaban J connectivity index is 3.05. The molecule has 1 aliphatic heterocycles. The number of likely N-dealkylation sites (tertiary alicyclic amines) is 1. The lowest BCUT2D eigenvalue weighted by atomic mass is 10.0. The largest absolute Gasteiger partial charge is 0.467 e. The fourth-order valence-corrected chi connectivity index (χ4v) is 2.75. The Labute approximate surface area is 139 Å². The van der Waals surface area contributed by atoms with E-state index >= 15 is 0 Å². The maximum atomic E-state index is 12.3. The third kappa shape index (κ3) is 5.88. The van der Waals surface area contributed by atoms with Crippen LogP contribution in [-0.2, 0) is 14.3 Å². The van der Waals surface area contributed by atoms with Crippen LogP contribution in [0.25, 0.3) is 0 Å². The van der Waals surface area contributed by atoms with Gasteiger partial charge in [0.25, 0.3) is 0 Å². The van der Waals surface area contributed by atoms with Gasteiger partial charge in [-0.05, 0) is 20.8 Å². The molecular formula is C16H27NO5Si. The molecule has 2 atom stereocenters. The highest BCUT2D eigenvalue weighted by Crippen LogP contribution is 2.29. The van der Waals surface area contributed by atoms with Gasteiger partial charge in [0.05, 0.1) is 13.7 Å². The summed E-state index contributed by atoms with van der Waals surface area (Å²) in [6.07, 6.45) is -0.630. The molecule has 1 aliphatic rings. The summed E-state index contributed by atoms with van der Waals surface area (Å²) in [5.74, 6) is 2.28. The first kappa shape index (κ1) is 19.5. The van der Waals surface area contributed by atoms with E-state index in [2.05, 4.69) is 31.1 Å². The number of carbonyl (C=O) groups excluding carboxylic acids is 2. The minimum atomic E-state index is -1.69. The van der Waals surface area contributed by atoms with Gasteiger partial charge in [-0.3, -0.25) is 4.90 Å². The van der Waals surface area contributed by atoms with E-state index in [0.29, 0.717) is 0 Å². The highest BCUT2D eigenvalue weighted by Gasteiger charge is 2.49. The van der Waals surface area contributed by atoms with Crippen LogP contribution in [0, 0.1) is 11.5 Å². The molecule has 0 radical (unpaired) electrons. The topological polar surface area (TPSA) is 76.1 Å². The average Bonchev–Trinajstić information content (AvgIpc) is 2.72. The number of β-amino-alcohol motifs (C(OH)–C–C–N with tert-alkyl or cyclic N) is 1. The van der Waals surface area contributed by atoms with Crippen molar-refractivity contribution in [2.75, 3.05) is 13.7 Å². The molecule has 1 rings (SSSR count). The zero-order valence-electron chi connectivity index (χ0n) is 15.0. The summed E-state index contributed by atoms with van der Waals surface area (Å²) >= 11 is 0. The fraction of sp³-hybridized carbons (Fsp3) is 0.750. The lowest BCUT2D eigenvalue weighted by Crippen LogP contribution is -2.44. The van der Waals surface area contributed by atoms with E-state index in [-0.39, 0.29) is 13.0 Å². The van der Waals surface area contributed by atoms with E-state index in [0.717, 1.165) is 0 Å². The van der Waals surface area contributed by atoms with Crippen molar-refractivity contribution in [2.24, 2.45) is 0 Å². The second kappa shape index (κ2) is 6.54. The second-order valence-electron chi connectivity index (χ2n) is 7.88. The van der Waals surface area contributed by atoms with Crippen LogP contribution in [0.15, 0.2) is 0 Å². The summed E-state index contributed by atoms with van der Waals surface area (Å²) in [5, 5.41) is 10.7. The van der Waals surface area contributed by atoms with Gasteiger partial charge < -0.3 is 14.6 Å². The first-order valence-electron chi connectivity index (χ1n) is 7.60. The number of esters is 1. The molecule has 1 amide bonds. The molecule has 6 nitrogen and oxygen atoms in total. The van der Waals surface area contributed by atoms with Crippen molar-refractivity contribution in [3.05, 3.63) is 0 Å². The Morgan fingerprint density at radius 3 is 2.30 bits per heavy atom. The highest BCUT2D eigenvalue weighted by molar-refractivity contribution is 6.83. The quantitative estimate of drug-likeness (QED) is 0.447. The SMILES string of the molecule is COC(=O)C1CC(O)(C#C[Si](C)(C)C)CN1C(=O)OC(C)(C)C. The summed E-state index contributed by atoms with van der Waals surface area (Å²) in [4.78, 5) is 25.5. The molecule has 0 spiro atoms. The van der Waals surface area contributed by atoms with Gasteiger partial charge in [-0.15, -0.1) is 5.54 Å². The van der Waals surface area contributed by atoms with Gasteiger partial charge in [-0.25, -0.2) is 9.59 Å². The van der Waals surface area contributed by atoms with E-state index in [9.17, 15) is 14.7 Å². The first-order chi connectivity index (χ1) is 10.3. The molecule has 130 valence electrons. The predicted molar refractivity (Wildman–Crippen MR) is 89.4 cm³/mol. The van der Waals surface area contributed by atoms with Crippen molar-refractivity contribution in [1.82, 2.24) is 4.90 Å². The van der Waals surface area contributed by atoms with E-state index < -0.39 is 37.4 Å². The highest BCUT2D eigenvalue weighted by atomic mass is 28.3.